The van der Waals surface area contributed by atoms with Crippen molar-refractivity contribution < 1.29 is 8.83 Å². The Kier molecular flexibility index (Phi) is 5.47. The Hall–Kier alpha value is -7.04. The molecule has 0 amide bonds. The lowest BCUT2D eigenvalue weighted by Gasteiger charge is -2.10. The summed E-state index contributed by atoms with van der Waals surface area (Å²) in [6.07, 6.45) is 0. The molecular weight excluding hydrogens is 637 g/mol. The quantitative estimate of drug-likeness (QED) is 0.188. The highest BCUT2D eigenvalue weighted by Gasteiger charge is 2.20. The molecule has 8 aromatic carbocycles. The Morgan fingerprint density at radius 3 is 1.33 bits per heavy atom. The molecule has 12 rings (SSSR count). The second kappa shape index (κ2) is 10.3. The van der Waals surface area contributed by atoms with Crippen molar-refractivity contribution in [3.63, 3.8) is 0 Å². The highest BCUT2D eigenvalue weighted by Crippen LogP contribution is 2.42. The second-order valence-corrected chi connectivity index (χ2v) is 13.7. The van der Waals surface area contributed by atoms with Gasteiger partial charge in [-0.25, -0.2) is 0 Å². The molecule has 0 saturated heterocycles. The Labute approximate surface area is 296 Å². The van der Waals surface area contributed by atoms with Crippen molar-refractivity contribution in [1.29, 1.82) is 0 Å². The first-order valence-electron chi connectivity index (χ1n) is 17.7. The third-order valence-electron chi connectivity index (χ3n) is 10.9. The van der Waals surface area contributed by atoms with Gasteiger partial charge in [-0.15, -0.1) is 0 Å². The summed E-state index contributed by atoms with van der Waals surface area (Å²) in [6, 6.07) is 60.6. The lowest BCUT2D eigenvalue weighted by Crippen LogP contribution is -1.95. The molecule has 0 aliphatic rings. The van der Waals surface area contributed by atoms with Gasteiger partial charge in [0.25, 0.3) is 0 Å². The van der Waals surface area contributed by atoms with Crippen molar-refractivity contribution in [1.82, 2.24) is 9.13 Å². The van der Waals surface area contributed by atoms with E-state index in [2.05, 4.69) is 167 Å². The summed E-state index contributed by atoms with van der Waals surface area (Å²) >= 11 is 0. The van der Waals surface area contributed by atoms with Gasteiger partial charge < -0.3 is 18.0 Å². The van der Waals surface area contributed by atoms with Gasteiger partial charge in [-0.05, 0) is 60.7 Å². The number of benzene rings is 8. The fourth-order valence-electron chi connectivity index (χ4n) is 8.68. The van der Waals surface area contributed by atoms with E-state index in [0.29, 0.717) is 0 Å². The van der Waals surface area contributed by atoms with Crippen molar-refractivity contribution >= 4 is 87.5 Å². The van der Waals surface area contributed by atoms with Crippen molar-refractivity contribution in [2.24, 2.45) is 0 Å². The van der Waals surface area contributed by atoms with Gasteiger partial charge in [0.2, 0.25) is 0 Å². The Morgan fingerprint density at radius 2 is 0.712 bits per heavy atom. The molecule has 4 nitrogen and oxygen atoms in total. The van der Waals surface area contributed by atoms with Gasteiger partial charge in [-0.1, -0.05) is 109 Å². The summed E-state index contributed by atoms with van der Waals surface area (Å²) in [6.45, 7) is 0. The summed E-state index contributed by atoms with van der Waals surface area (Å²) in [4.78, 5) is 0. The standard InChI is InChI=1S/C48H28N2O2/c1-5-19-41-31(11-1)32-12-2-6-20-42(32)49(41)29-23-25-44-39(27-29)33-13-3-7-21-43(33)50(44)30-24-26-46-40(28-30)38-18-10-17-37(48(38)52-46)36-16-9-15-35-34-14-4-8-22-45(34)51-47(35)36/h1-28H. The molecule has 52 heavy (non-hydrogen) atoms. The Bertz CT molecular complexity index is 3370. The monoisotopic (exact) mass is 664 g/mol. The average molecular weight is 665 g/mol. The average Bonchev–Trinajstić information content (AvgIpc) is 3.95. The SMILES string of the molecule is c1ccc2c(c1)oc1c(-c3cccc4c3oc3ccc(-n5c6ccccc6c6cc(-n7c8ccccc8c8ccccc87)ccc65)cc34)cccc12. The van der Waals surface area contributed by atoms with Crippen molar-refractivity contribution in [3.05, 3.63) is 170 Å². The number of hydrogen-bond acceptors (Lipinski definition) is 2. The van der Waals surface area contributed by atoms with Gasteiger partial charge in [0, 0.05) is 65.6 Å². The third-order valence-corrected chi connectivity index (χ3v) is 10.9. The Balaban J connectivity index is 1.06. The van der Waals surface area contributed by atoms with E-state index in [1.54, 1.807) is 0 Å². The first-order valence-corrected chi connectivity index (χ1v) is 17.7. The van der Waals surface area contributed by atoms with Crippen LogP contribution in [-0.2, 0) is 0 Å². The van der Waals surface area contributed by atoms with Gasteiger partial charge in [-0.3, -0.25) is 0 Å². The van der Waals surface area contributed by atoms with E-state index in [4.69, 9.17) is 8.83 Å². The molecule has 4 aromatic heterocycles. The highest BCUT2D eigenvalue weighted by atomic mass is 16.3. The van der Waals surface area contributed by atoms with Gasteiger partial charge in [-0.2, -0.15) is 0 Å². The third kappa shape index (κ3) is 3.70. The van der Waals surface area contributed by atoms with E-state index >= 15 is 0 Å². The fraction of sp³-hybridized carbons (Fsp3) is 0. The van der Waals surface area contributed by atoms with Crippen LogP contribution < -0.4 is 0 Å². The number of fused-ring (bicyclic) bond motifs is 12. The summed E-state index contributed by atoms with van der Waals surface area (Å²) in [5, 5.41) is 9.35. The van der Waals surface area contributed by atoms with E-state index in [0.717, 1.165) is 71.9 Å². The molecule has 0 atom stereocenters. The van der Waals surface area contributed by atoms with Crippen LogP contribution in [0, 0.1) is 0 Å². The predicted molar refractivity (Wildman–Crippen MR) is 215 cm³/mol. The van der Waals surface area contributed by atoms with Gasteiger partial charge in [0.05, 0.1) is 22.1 Å². The summed E-state index contributed by atoms with van der Waals surface area (Å²) in [5.41, 5.74) is 12.5. The number of hydrogen-bond donors (Lipinski definition) is 0. The Morgan fingerprint density at radius 1 is 0.288 bits per heavy atom. The molecule has 0 radical (unpaired) electrons. The zero-order chi connectivity index (χ0) is 33.9. The van der Waals surface area contributed by atoms with E-state index in [1.807, 2.05) is 12.1 Å². The zero-order valence-corrected chi connectivity index (χ0v) is 27.9. The number of rotatable bonds is 3. The van der Waals surface area contributed by atoms with Gasteiger partial charge >= 0.3 is 0 Å². The smallest absolute Gasteiger partial charge is 0.143 e. The lowest BCUT2D eigenvalue weighted by atomic mass is 10.00. The molecule has 0 spiro atoms. The van der Waals surface area contributed by atoms with Crippen LogP contribution in [0.5, 0.6) is 0 Å². The van der Waals surface area contributed by atoms with Crippen LogP contribution in [0.2, 0.25) is 0 Å². The maximum absolute atomic E-state index is 6.68. The minimum Gasteiger partial charge on any atom is -0.455 e. The van der Waals surface area contributed by atoms with Crippen LogP contribution in [-0.4, -0.2) is 9.13 Å². The molecule has 0 fully saturated rings. The van der Waals surface area contributed by atoms with E-state index in [9.17, 15) is 0 Å². The molecular formula is C48H28N2O2. The van der Waals surface area contributed by atoms with Crippen LogP contribution in [0.3, 0.4) is 0 Å². The normalized spacial score (nSPS) is 12.2. The number of nitrogens with zero attached hydrogens (tertiary/aromatic N) is 2. The predicted octanol–water partition coefficient (Wildman–Crippen LogP) is 13.3. The minimum atomic E-state index is 0.859. The van der Waals surface area contributed by atoms with Crippen molar-refractivity contribution in [3.8, 4) is 22.5 Å². The molecule has 4 heteroatoms. The molecule has 0 aliphatic heterocycles. The second-order valence-electron chi connectivity index (χ2n) is 13.7. The highest BCUT2D eigenvalue weighted by molar-refractivity contribution is 6.16. The number of furan rings is 2. The molecule has 0 N–H and O–H groups in total. The first kappa shape index (κ1) is 27.7. The maximum atomic E-state index is 6.68. The molecule has 4 heterocycles. The number of aromatic nitrogens is 2. The molecule has 0 unspecified atom stereocenters. The molecule has 0 saturated carbocycles. The van der Waals surface area contributed by atoms with Crippen LogP contribution in [0.1, 0.15) is 0 Å². The molecule has 242 valence electrons. The lowest BCUT2D eigenvalue weighted by molar-refractivity contribution is 0.665. The molecule has 0 aliphatic carbocycles. The summed E-state index contributed by atoms with van der Waals surface area (Å²) in [5.74, 6) is 0. The van der Waals surface area contributed by atoms with E-state index in [-0.39, 0.29) is 0 Å². The maximum Gasteiger partial charge on any atom is 0.143 e. The fourth-order valence-corrected chi connectivity index (χ4v) is 8.68. The number of para-hydroxylation sites is 6. The largest absolute Gasteiger partial charge is 0.455 e. The van der Waals surface area contributed by atoms with Crippen molar-refractivity contribution in [2.75, 3.05) is 0 Å². The topological polar surface area (TPSA) is 36.1 Å². The van der Waals surface area contributed by atoms with Crippen LogP contribution in [0.25, 0.3) is 110 Å². The zero-order valence-electron chi connectivity index (χ0n) is 27.9. The van der Waals surface area contributed by atoms with Crippen LogP contribution in [0.15, 0.2) is 179 Å². The van der Waals surface area contributed by atoms with E-state index < -0.39 is 0 Å². The van der Waals surface area contributed by atoms with Gasteiger partial charge in [0.15, 0.2) is 0 Å². The van der Waals surface area contributed by atoms with E-state index in [1.165, 1.54) is 38.1 Å². The first-order chi connectivity index (χ1) is 25.8. The summed E-state index contributed by atoms with van der Waals surface area (Å²) < 4.78 is 17.9. The van der Waals surface area contributed by atoms with Gasteiger partial charge in [0.1, 0.15) is 22.3 Å². The minimum absolute atomic E-state index is 0.859. The molecule has 0 bridgehead atoms. The van der Waals surface area contributed by atoms with Crippen LogP contribution >= 0.6 is 0 Å². The molecule has 12 aromatic rings. The van der Waals surface area contributed by atoms with Crippen LogP contribution in [0.4, 0.5) is 0 Å². The summed E-state index contributed by atoms with van der Waals surface area (Å²) in [7, 11) is 0. The van der Waals surface area contributed by atoms with Crippen molar-refractivity contribution in [2.45, 2.75) is 0 Å².